The highest BCUT2D eigenvalue weighted by molar-refractivity contribution is 5.68. The summed E-state index contributed by atoms with van der Waals surface area (Å²) in [5, 5.41) is 9.70. The number of rotatable bonds is 9. The molecule has 0 bridgehead atoms. The third-order valence-electron chi connectivity index (χ3n) is 3.35. The quantitative estimate of drug-likeness (QED) is 0.396. The predicted molar refractivity (Wildman–Crippen MR) is 80.1 cm³/mol. The van der Waals surface area contributed by atoms with Gasteiger partial charge in [0.15, 0.2) is 0 Å². The third kappa shape index (κ3) is 9.32. The maximum Gasteiger partial charge on any atom is 0.342 e. The van der Waals surface area contributed by atoms with E-state index in [0.29, 0.717) is 18.3 Å². The highest BCUT2D eigenvalue weighted by atomic mass is 17.2. The average Bonchev–Trinajstić information content (AvgIpc) is 2.33. The van der Waals surface area contributed by atoms with Crippen LogP contribution in [0.5, 0.6) is 0 Å². The summed E-state index contributed by atoms with van der Waals surface area (Å²) in [6, 6.07) is 0. The molecule has 0 rings (SSSR count). The molecule has 0 saturated carbocycles. The van der Waals surface area contributed by atoms with Crippen molar-refractivity contribution in [2.24, 2.45) is 5.41 Å². The Balaban J connectivity index is 3.75. The van der Waals surface area contributed by atoms with Crippen LogP contribution in [0.3, 0.4) is 0 Å². The monoisotopic (exact) mass is 288 g/mol. The molecule has 4 nitrogen and oxygen atoms in total. The van der Waals surface area contributed by atoms with Crippen LogP contribution in [0.4, 0.5) is 0 Å². The Labute approximate surface area is 123 Å². The number of carbonyl (C=O) groups excluding carboxylic acids is 1. The van der Waals surface area contributed by atoms with Gasteiger partial charge in [-0.15, -0.1) is 0 Å². The number of carbonyl (C=O) groups is 1. The second kappa shape index (κ2) is 8.63. The summed E-state index contributed by atoms with van der Waals surface area (Å²) in [5.74, 6) is -0.364. The van der Waals surface area contributed by atoms with E-state index in [2.05, 4.69) is 20.8 Å². The highest BCUT2D eigenvalue weighted by Gasteiger charge is 2.30. The molecule has 120 valence electrons. The molecule has 0 radical (unpaired) electrons. The summed E-state index contributed by atoms with van der Waals surface area (Å²) in [7, 11) is 0. The van der Waals surface area contributed by atoms with Crippen LogP contribution in [0.15, 0.2) is 0 Å². The minimum atomic E-state index is -0.864. The van der Waals surface area contributed by atoms with Gasteiger partial charge in [-0.25, -0.2) is 4.79 Å². The molecule has 1 N–H and O–H groups in total. The van der Waals surface area contributed by atoms with E-state index in [1.54, 1.807) is 13.8 Å². The van der Waals surface area contributed by atoms with E-state index >= 15 is 0 Å². The summed E-state index contributed by atoms with van der Waals surface area (Å²) in [4.78, 5) is 21.4. The second-order valence-corrected chi connectivity index (χ2v) is 7.19. The maximum atomic E-state index is 11.5. The van der Waals surface area contributed by atoms with Crippen molar-refractivity contribution in [2.45, 2.75) is 91.8 Å². The molecular weight excluding hydrogens is 256 g/mol. The molecule has 0 aromatic heterocycles. The first-order chi connectivity index (χ1) is 9.08. The van der Waals surface area contributed by atoms with Crippen LogP contribution < -0.4 is 0 Å². The van der Waals surface area contributed by atoms with E-state index in [0.717, 1.165) is 25.7 Å². The zero-order valence-corrected chi connectivity index (χ0v) is 14.0. The largest absolute Gasteiger partial charge is 0.390 e. The van der Waals surface area contributed by atoms with Crippen molar-refractivity contribution in [3.05, 3.63) is 0 Å². The number of unbranched alkanes of at least 4 members (excludes halogenated alkanes) is 2. The molecule has 0 aromatic carbocycles. The van der Waals surface area contributed by atoms with Crippen molar-refractivity contribution >= 4 is 5.97 Å². The molecular formula is C16H32O4. The lowest BCUT2D eigenvalue weighted by Crippen LogP contribution is -2.39. The van der Waals surface area contributed by atoms with Crippen LogP contribution in [0.1, 0.15) is 80.1 Å². The fraction of sp³-hybridized carbons (Fsp3) is 0.938. The van der Waals surface area contributed by atoms with Gasteiger partial charge in [0.25, 0.3) is 0 Å². The van der Waals surface area contributed by atoms with Crippen LogP contribution in [0.25, 0.3) is 0 Å². The molecule has 0 saturated heterocycles. The molecule has 4 heteroatoms. The molecule has 0 fully saturated rings. The van der Waals surface area contributed by atoms with Gasteiger partial charge in [-0.05, 0) is 38.5 Å². The standard InChI is InChI=1S/C16H32O4/c1-7-13(17)16(5,6)20-19-14(18)11-9-8-10-12-15(2,3)4/h13,17H,7-12H2,1-6H3. The average molecular weight is 288 g/mol. The normalized spacial score (nSPS) is 14.2. The Morgan fingerprint density at radius 3 is 2.20 bits per heavy atom. The van der Waals surface area contributed by atoms with Crippen molar-refractivity contribution in [2.75, 3.05) is 0 Å². The Kier molecular flexibility index (Phi) is 8.36. The summed E-state index contributed by atoms with van der Waals surface area (Å²) < 4.78 is 0. The van der Waals surface area contributed by atoms with Crippen molar-refractivity contribution in [1.29, 1.82) is 0 Å². The van der Waals surface area contributed by atoms with E-state index in [1.165, 1.54) is 0 Å². The molecule has 1 atom stereocenters. The van der Waals surface area contributed by atoms with Crippen LogP contribution >= 0.6 is 0 Å². The Morgan fingerprint density at radius 1 is 1.10 bits per heavy atom. The van der Waals surface area contributed by atoms with Gasteiger partial charge in [0.1, 0.15) is 5.60 Å². The lowest BCUT2D eigenvalue weighted by Gasteiger charge is -2.27. The van der Waals surface area contributed by atoms with Gasteiger partial charge in [0, 0.05) is 6.42 Å². The zero-order chi connectivity index (χ0) is 15.8. The lowest BCUT2D eigenvalue weighted by atomic mass is 9.89. The molecule has 0 amide bonds. The number of aliphatic hydroxyl groups is 1. The fourth-order valence-corrected chi connectivity index (χ4v) is 1.84. The van der Waals surface area contributed by atoms with Gasteiger partial charge in [-0.2, -0.15) is 4.89 Å². The molecule has 0 aliphatic carbocycles. The van der Waals surface area contributed by atoms with Gasteiger partial charge in [0.05, 0.1) is 6.10 Å². The lowest BCUT2D eigenvalue weighted by molar-refractivity contribution is -0.341. The first-order valence-electron chi connectivity index (χ1n) is 7.65. The van der Waals surface area contributed by atoms with E-state index in [1.807, 2.05) is 6.92 Å². The smallest absolute Gasteiger partial charge is 0.342 e. The molecule has 0 heterocycles. The van der Waals surface area contributed by atoms with Gasteiger partial charge in [-0.1, -0.05) is 40.5 Å². The molecule has 0 aliphatic rings. The summed E-state index contributed by atoms with van der Waals surface area (Å²) >= 11 is 0. The van der Waals surface area contributed by atoms with E-state index < -0.39 is 11.7 Å². The SMILES string of the molecule is CCC(O)C(C)(C)OOC(=O)CCCCCC(C)(C)C. The van der Waals surface area contributed by atoms with Crippen LogP contribution in [0.2, 0.25) is 0 Å². The Hall–Kier alpha value is -0.610. The van der Waals surface area contributed by atoms with Crippen molar-refractivity contribution in [1.82, 2.24) is 0 Å². The Morgan fingerprint density at radius 2 is 1.70 bits per heavy atom. The Bertz CT molecular complexity index is 279. The summed E-state index contributed by atoms with van der Waals surface area (Å²) in [6.07, 6.45) is 4.38. The van der Waals surface area contributed by atoms with Gasteiger partial charge in [0.2, 0.25) is 0 Å². The van der Waals surface area contributed by atoms with Gasteiger partial charge < -0.3 is 5.11 Å². The molecule has 1 unspecified atom stereocenters. The number of hydrogen-bond donors (Lipinski definition) is 1. The maximum absolute atomic E-state index is 11.5. The van der Waals surface area contributed by atoms with Crippen LogP contribution in [-0.2, 0) is 14.6 Å². The topological polar surface area (TPSA) is 55.8 Å². The first kappa shape index (κ1) is 19.4. The highest BCUT2D eigenvalue weighted by Crippen LogP contribution is 2.22. The molecule has 20 heavy (non-hydrogen) atoms. The molecule has 0 aliphatic heterocycles. The van der Waals surface area contributed by atoms with Crippen LogP contribution in [-0.4, -0.2) is 22.8 Å². The molecule has 0 spiro atoms. The van der Waals surface area contributed by atoms with Crippen molar-refractivity contribution < 1.29 is 19.7 Å². The van der Waals surface area contributed by atoms with Crippen LogP contribution in [0, 0.1) is 5.41 Å². The van der Waals surface area contributed by atoms with E-state index in [4.69, 9.17) is 9.78 Å². The predicted octanol–water partition coefficient (Wildman–Crippen LogP) is 4.01. The molecule has 0 aromatic rings. The zero-order valence-electron chi connectivity index (χ0n) is 14.0. The minimum absolute atomic E-state index is 0.351. The number of hydrogen-bond acceptors (Lipinski definition) is 4. The summed E-state index contributed by atoms with van der Waals surface area (Å²) in [6.45, 7) is 11.9. The third-order valence-corrected chi connectivity index (χ3v) is 3.35. The first-order valence-corrected chi connectivity index (χ1v) is 7.65. The second-order valence-electron chi connectivity index (χ2n) is 7.19. The van der Waals surface area contributed by atoms with E-state index in [9.17, 15) is 9.90 Å². The van der Waals surface area contributed by atoms with Gasteiger partial charge in [-0.3, -0.25) is 4.89 Å². The fourth-order valence-electron chi connectivity index (χ4n) is 1.84. The summed E-state index contributed by atoms with van der Waals surface area (Å²) in [5.41, 5.74) is -0.513. The van der Waals surface area contributed by atoms with Gasteiger partial charge >= 0.3 is 5.97 Å². The minimum Gasteiger partial charge on any atom is -0.390 e. The van der Waals surface area contributed by atoms with Crippen molar-refractivity contribution in [3.63, 3.8) is 0 Å². The van der Waals surface area contributed by atoms with E-state index in [-0.39, 0.29) is 5.97 Å². The van der Waals surface area contributed by atoms with Crippen molar-refractivity contribution in [3.8, 4) is 0 Å². The number of aliphatic hydroxyl groups excluding tert-OH is 1.